The lowest BCUT2D eigenvalue weighted by Crippen LogP contribution is -2.10. The predicted molar refractivity (Wildman–Crippen MR) is 87.3 cm³/mol. The van der Waals surface area contributed by atoms with E-state index in [4.69, 9.17) is 11.6 Å². The summed E-state index contributed by atoms with van der Waals surface area (Å²) in [6, 6.07) is 13.2. The highest BCUT2D eigenvalue weighted by Gasteiger charge is 2.12. The van der Waals surface area contributed by atoms with Crippen molar-refractivity contribution >= 4 is 27.5 Å². The molecule has 1 unspecified atom stereocenters. The largest absolute Gasteiger partial charge is 0.207 e. The molecule has 0 aromatic heterocycles. The van der Waals surface area contributed by atoms with Gasteiger partial charge in [0, 0.05) is 10.4 Å². The zero-order valence-electron chi connectivity index (χ0n) is 11.4. The van der Waals surface area contributed by atoms with E-state index in [1.54, 1.807) is 6.07 Å². The Bertz CT molecular complexity index is 566. The summed E-state index contributed by atoms with van der Waals surface area (Å²) in [4.78, 5) is 0. The first kappa shape index (κ1) is 15.5. The van der Waals surface area contributed by atoms with Crippen LogP contribution in [0.2, 0.25) is 5.02 Å². The molecule has 0 saturated heterocycles. The molecule has 0 nitrogen and oxygen atoms in total. The lowest BCUT2D eigenvalue weighted by atomic mass is 9.94. The number of alkyl halides is 1. The highest BCUT2D eigenvalue weighted by Crippen LogP contribution is 2.23. The molecule has 2 aromatic rings. The fourth-order valence-corrected chi connectivity index (χ4v) is 2.94. The van der Waals surface area contributed by atoms with Gasteiger partial charge in [0.1, 0.15) is 5.82 Å². The van der Waals surface area contributed by atoms with Crippen LogP contribution in [-0.2, 0) is 12.8 Å². The van der Waals surface area contributed by atoms with Crippen molar-refractivity contribution in [2.45, 2.75) is 19.8 Å². The second kappa shape index (κ2) is 7.24. The van der Waals surface area contributed by atoms with Crippen molar-refractivity contribution in [3.05, 3.63) is 70.0 Å². The molecule has 20 heavy (non-hydrogen) atoms. The zero-order chi connectivity index (χ0) is 14.5. The molecule has 0 saturated carbocycles. The Labute approximate surface area is 133 Å². The molecule has 3 heteroatoms. The summed E-state index contributed by atoms with van der Waals surface area (Å²) in [5.74, 6) is 0.161. The average molecular weight is 356 g/mol. The van der Waals surface area contributed by atoms with Crippen LogP contribution in [0, 0.1) is 18.7 Å². The molecule has 0 heterocycles. The molecular weight excluding hydrogens is 339 g/mol. The van der Waals surface area contributed by atoms with E-state index in [-0.39, 0.29) is 5.82 Å². The van der Waals surface area contributed by atoms with Gasteiger partial charge in [-0.1, -0.05) is 63.4 Å². The fraction of sp³-hybridized carbons (Fsp3) is 0.294. The Hall–Kier alpha value is -0.860. The number of hydrogen-bond donors (Lipinski definition) is 0. The second-order valence-electron chi connectivity index (χ2n) is 5.15. The molecule has 0 spiro atoms. The van der Waals surface area contributed by atoms with Crippen molar-refractivity contribution in [1.29, 1.82) is 0 Å². The summed E-state index contributed by atoms with van der Waals surface area (Å²) < 4.78 is 13.1. The van der Waals surface area contributed by atoms with Crippen LogP contribution in [0.15, 0.2) is 42.5 Å². The second-order valence-corrected chi connectivity index (χ2v) is 6.20. The van der Waals surface area contributed by atoms with Gasteiger partial charge in [-0.15, -0.1) is 0 Å². The first-order valence-corrected chi connectivity index (χ1v) is 8.14. The third kappa shape index (κ3) is 4.32. The Kier molecular flexibility index (Phi) is 5.62. The van der Waals surface area contributed by atoms with Crippen LogP contribution in [0.5, 0.6) is 0 Å². The highest BCUT2D eigenvalue weighted by molar-refractivity contribution is 9.09. The van der Waals surface area contributed by atoms with Crippen molar-refractivity contribution in [2.24, 2.45) is 5.92 Å². The average Bonchev–Trinajstić information content (AvgIpc) is 2.43. The number of benzene rings is 2. The van der Waals surface area contributed by atoms with Crippen molar-refractivity contribution in [3.8, 4) is 0 Å². The van der Waals surface area contributed by atoms with Gasteiger partial charge in [-0.05, 0) is 48.9 Å². The van der Waals surface area contributed by atoms with Crippen LogP contribution in [0.1, 0.15) is 16.7 Å². The molecule has 2 rings (SSSR count). The van der Waals surface area contributed by atoms with Crippen LogP contribution in [0.4, 0.5) is 4.39 Å². The molecule has 0 fully saturated rings. The normalized spacial score (nSPS) is 12.4. The van der Waals surface area contributed by atoms with E-state index < -0.39 is 0 Å². The van der Waals surface area contributed by atoms with Gasteiger partial charge in [-0.3, -0.25) is 0 Å². The molecule has 1 atom stereocenters. The van der Waals surface area contributed by atoms with Gasteiger partial charge in [-0.25, -0.2) is 4.39 Å². The third-order valence-corrected chi connectivity index (χ3v) is 4.65. The Morgan fingerprint density at radius 1 is 1.10 bits per heavy atom. The number of hydrogen-bond acceptors (Lipinski definition) is 0. The summed E-state index contributed by atoms with van der Waals surface area (Å²) >= 11 is 9.67. The standard InChI is InChI=1S/C17H17BrClF/c1-12-2-4-13(5-3-12)8-14(11-18)9-15-6-7-16(20)10-17(15)19/h2-7,10,14H,8-9,11H2,1H3. The van der Waals surface area contributed by atoms with Gasteiger partial charge in [0.2, 0.25) is 0 Å². The van der Waals surface area contributed by atoms with Gasteiger partial charge < -0.3 is 0 Å². The maximum absolute atomic E-state index is 13.1. The minimum absolute atomic E-state index is 0.285. The predicted octanol–water partition coefficient (Wildman–Crippen LogP) is 5.58. The van der Waals surface area contributed by atoms with Crippen molar-refractivity contribution < 1.29 is 4.39 Å². The Balaban J connectivity index is 2.07. The lowest BCUT2D eigenvalue weighted by molar-refractivity contribution is 0.588. The smallest absolute Gasteiger partial charge is 0.124 e. The zero-order valence-corrected chi connectivity index (χ0v) is 13.7. The van der Waals surface area contributed by atoms with E-state index in [0.717, 1.165) is 23.7 Å². The molecule has 2 aromatic carbocycles. The van der Waals surface area contributed by atoms with E-state index in [2.05, 4.69) is 47.1 Å². The van der Waals surface area contributed by atoms with E-state index in [1.165, 1.54) is 23.3 Å². The van der Waals surface area contributed by atoms with E-state index in [9.17, 15) is 4.39 Å². The van der Waals surface area contributed by atoms with Crippen molar-refractivity contribution in [2.75, 3.05) is 5.33 Å². The van der Waals surface area contributed by atoms with Gasteiger partial charge in [0.25, 0.3) is 0 Å². The first-order chi connectivity index (χ1) is 9.58. The monoisotopic (exact) mass is 354 g/mol. The molecule has 0 amide bonds. The van der Waals surface area contributed by atoms with Crippen LogP contribution in [-0.4, -0.2) is 5.33 Å². The van der Waals surface area contributed by atoms with Crippen LogP contribution < -0.4 is 0 Å². The quantitative estimate of drug-likeness (QED) is 0.614. The minimum atomic E-state index is -0.285. The van der Waals surface area contributed by atoms with E-state index in [0.29, 0.717) is 10.9 Å². The summed E-state index contributed by atoms with van der Waals surface area (Å²) in [7, 11) is 0. The Morgan fingerprint density at radius 3 is 2.40 bits per heavy atom. The molecular formula is C17H17BrClF. The number of halogens is 3. The summed E-state index contributed by atoms with van der Waals surface area (Å²) in [6.45, 7) is 2.09. The highest BCUT2D eigenvalue weighted by atomic mass is 79.9. The first-order valence-electron chi connectivity index (χ1n) is 6.64. The van der Waals surface area contributed by atoms with Crippen molar-refractivity contribution in [1.82, 2.24) is 0 Å². The molecule has 0 aliphatic carbocycles. The molecule has 0 radical (unpaired) electrons. The summed E-state index contributed by atoms with van der Waals surface area (Å²) in [6.07, 6.45) is 1.83. The van der Waals surface area contributed by atoms with Gasteiger partial charge in [-0.2, -0.15) is 0 Å². The maximum atomic E-state index is 13.1. The Morgan fingerprint density at radius 2 is 1.80 bits per heavy atom. The lowest BCUT2D eigenvalue weighted by Gasteiger charge is -2.15. The molecule has 0 bridgehead atoms. The minimum Gasteiger partial charge on any atom is -0.207 e. The topological polar surface area (TPSA) is 0 Å². The van der Waals surface area contributed by atoms with Gasteiger partial charge >= 0.3 is 0 Å². The van der Waals surface area contributed by atoms with E-state index in [1.807, 2.05) is 0 Å². The SMILES string of the molecule is Cc1ccc(CC(CBr)Cc2ccc(F)cc2Cl)cc1. The summed E-state index contributed by atoms with van der Waals surface area (Å²) in [5.41, 5.74) is 3.59. The third-order valence-electron chi connectivity index (χ3n) is 3.39. The fourth-order valence-electron chi connectivity index (χ4n) is 2.24. The number of aryl methyl sites for hydroxylation is 1. The van der Waals surface area contributed by atoms with Crippen molar-refractivity contribution in [3.63, 3.8) is 0 Å². The van der Waals surface area contributed by atoms with Gasteiger partial charge in [0.15, 0.2) is 0 Å². The van der Waals surface area contributed by atoms with Crippen LogP contribution in [0.3, 0.4) is 0 Å². The molecule has 106 valence electrons. The molecule has 0 aliphatic rings. The van der Waals surface area contributed by atoms with Crippen LogP contribution >= 0.6 is 27.5 Å². The summed E-state index contributed by atoms with van der Waals surface area (Å²) in [5, 5.41) is 1.41. The maximum Gasteiger partial charge on any atom is 0.124 e. The van der Waals surface area contributed by atoms with Gasteiger partial charge in [0.05, 0.1) is 0 Å². The molecule has 0 N–H and O–H groups in total. The molecule has 0 aliphatic heterocycles. The van der Waals surface area contributed by atoms with E-state index >= 15 is 0 Å². The number of rotatable bonds is 5. The van der Waals surface area contributed by atoms with Crippen LogP contribution in [0.25, 0.3) is 0 Å².